The lowest BCUT2D eigenvalue weighted by Gasteiger charge is -2.29. The first-order valence-corrected chi connectivity index (χ1v) is 9.08. The van der Waals surface area contributed by atoms with Crippen molar-refractivity contribution in [1.82, 2.24) is 4.90 Å². The highest BCUT2D eigenvalue weighted by Crippen LogP contribution is 2.12. The number of carbonyl (C=O) groups excluding carboxylic acids is 3. The first-order chi connectivity index (χ1) is 12.4. The van der Waals surface area contributed by atoms with E-state index in [1.165, 1.54) is 4.90 Å². The molecule has 1 amide bonds. The molecule has 1 N–H and O–H groups in total. The molecule has 1 atom stereocenters. The molecular formula is C20H29NO5. The van der Waals surface area contributed by atoms with Gasteiger partial charge in [-0.15, -0.1) is 0 Å². The maximum absolute atomic E-state index is 12.6. The highest BCUT2D eigenvalue weighted by Gasteiger charge is 2.23. The van der Waals surface area contributed by atoms with E-state index in [2.05, 4.69) is 0 Å². The highest BCUT2D eigenvalue weighted by atomic mass is 16.5. The average molecular weight is 363 g/mol. The molecule has 6 heteroatoms. The minimum atomic E-state index is -0.381. The van der Waals surface area contributed by atoms with Gasteiger partial charge in [0.1, 0.15) is 0 Å². The van der Waals surface area contributed by atoms with Crippen LogP contribution in [0.1, 0.15) is 55.5 Å². The van der Waals surface area contributed by atoms with Crippen LogP contribution in [-0.2, 0) is 14.3 Å². The lowest BCUT2D eigenvalue weighted by molar-refractivity contribution is -0.144. The molecule has 0 saturated heterocycles. The van der Waals surface area contributed by atoms with Gasteiger partial charge in [0.15, 0.2) is 5.78 Å². The number of esters is 1. The zero-order valence-corrected chi connectivity index (χ0v) is 15.9. The van der Waals surface area contributed by atoms with Gasteiger partial charge in [0.25, 0.3) is 0 Å². The lowest BCUT2D eigenvalue weighted by atomic mass is 10.0. The number of amides is 1. The van der Waals surface area contributed by atoms with E-state index < -0.39 is 0 Å². The molecular weight excluding hydrogens is 334 g/mol. The summed E-state index contributed by atoms with van der Waals surface area (Å²) in [5, 5.41) is 9.52. The molecule has 1 rings (SSSR count). The van der Waals surface area contributed by atoms with E-state index in [0.717, 1.165) is 5.56 Å². The second-order valence-corrected chi connectivity index (χ2v) is 6.18. The zero-order valence-electron chi connectivity index (χ0n) is 15.9. The predicted molar refractivity (Wildman–Crippen MR) is 98.9 cm³/mol. The van der Waals surface area contributed by atoms with Gasteiger partial charge >= 0.3 is 5.97 Å². The first-order valence-electron chi connectivity index (χ1n) is 9.08. The monoisotopic (exact) mass is 363 g/mol. The van der Waals surface area contributed by atoms with Crippen molar-refractivity contribution in [2.24, 2.45) is 0 Å². The van der Waals surface area contributed by atoms with Crippen LogP contribution in [-0.4, -0.2) is 53.5 Å². The number of rotatable bonds is 11. The fraction of sp³-hybridized carbons (Fsp3) is 0.550. The van der Waals surface area contributed by atoms with E-state index in [-0.39, 0.29) is 62.7 Å². The van der Waals surface area contributed by atoms with Crippen molar-refractivity contribution >= 4 is 17.7 Å². The summed E-state index contributed by atoms with van der Waals surface area (Å²) < 4.78 is 4.89. The van der Waals surface area contributed by atoms with Gasteiger partial charge in [0, 0.05) is 24.9 Å². The topological polar surface area (TPSA) is 83.9 Å². The van der Waals surface area contributed by atoms with Gasteiger partial charge in [-0.3, -0.25) is 14.4 Å². The van der Waals surface area contributed by atoms with Gasteiger partial charge in [-0.2, -0.15) is 0 Å². The second-order valence-electron chi connectivity index (χ2n) is 6.18. The van der Waals surface area contributed by atoms with Crippen LogP contribution in [0.3, 0.4) is 0 Å². The average Bonchev–Trinajstić information content (AvgIpc) is 2.63. The molecule has 0 aliphatic carbocycles. The van der Waals surface area contributed by atoms with E-state index >= 15 is 0 Å². The van der Waals surface area contributed by atoms with E-state index in [4.69, 9.17) is 4.74 Å². The first kappa shape index (κ1) is 21.8. The zero-order chi connectivity index (χ0) is 19.5. The summed E-state index contributed by atoms with van der Waals surface area (Å²) in [6.07, 6.45) is 0.782. The van der Waals surface area contributed by atoms with Crippen molar-refractivity contribution in [2.75, 3.05) is 19.8 Å². The summed E-state index contributed by atoms with van der Waals surface area (Å²) in [5.74, 6) is -0.717. The van der Waals surface area contributed by atoms with Crippen LogP contribution >= 0.6 is 0 Å². The number of hydrogen-bond donors (Lipinski definition) is 1. The van der Waals surface area contributed by atoms with Crippen LogP contribution in [0.15, 0.2) is 24.3 Å². The number of nitrogens with zero attached hydrogens (tertiary/aromatic N) is 1. The van der Waals surface area contributed by atoms with Crippen molar-refractivity contribution in [1.29, 1.82) is 0 Å². The highest BCUT2D eigenvalue weighted by molar-refractivity contribution is 5.98. The molecule has 0 saturated carbocycles. The van der Waals surface area contributed by atoms with Crippen molar-refractivity contribution in [3.8, 4) is 0 Å². The molecule has 0 radical (unpaired) electrons. The quantitative estimate of drug-likeness (QED) is 0.482. The minimum absolute atomic E-state index is 0.0477. The Morgan fingerprint density at radius 2 is 1.73 bits per heavy atom. The van der Waals surface area contributed by atoms with Gasteiger partial charge in [-0.05, 0) is 20.3 Å². The SMILES string of the molecule is CCOC(=O)CCN(C(=O)CCC(=O)c1ccc(C)cc1)C(CC)CO. The van der Waals surface area contributed by atoms with Crippen LogP contribution in [0.2, 0.25) is 0 Å². The molecule has 1 unspecified atom stereocenters. The van der Waals surface area contributed by atoms with Gasteiger partial charge in [-0.25, -0.2) is 0 Å². The van der Waals surface area contributed by atoms with Crippen molar-refractivity contribution in [3.63, 3.8) is 0 Å². The summed E-state index contributed by atoms with van der Waals surface area (Å²) in [6, 6.07) is 6.86. The van der Waals surface area contributed by atoms with Crippen LogP contribution in [0, 0.1) is 6.92 Å². The molecule has 6 nitrogen and oxygen atoms in total. The molecule has 144 valence electrons. The van der Waals surface area contributed by atoms with Crippen LogP contribution in [0.25, 0.3) is 0 Å². The molecule has 0 aliphatic heterocycles. The number of ether oxygens (including phenoxy) is 1. The Hall–Kier alpha value is -2.21. The summed E-state index contributed by atoms with van der Waals surface area (Å²) in [5.41, 5.74) is 1.65. The molecule has 0 aromatic heterocycles. The minimum Gasteiger partial charge on any atom is -0.466 e. The van der Waals surface area contributed by atoms with Crippen molar-refractivity contribution < 1.29 is 24.2 Å². The molecule has 0 heterocycles. The number of hydrogen-bond acceptors (Lipinski definition) is 5. The van der Waals surface area contributed by atoms with Gasteiger partial charge < -0.3 is 14.7 Å². The molecule has 0 fully saturated rings. The number of aliphatic hydroxyl groups excluding tert-OH is 1. The van der Waals surface area contributed by atoms with Gasteiger partial charge in [-0.1, -0.05) is 36.8 Å². The Labute approximate surface area is 155 Å². The second kappa shape index (κ2) is 11.4. The molecule has 0 bridgehead atoms. The summed E-state index contributed by atoms with van der Waals surface area (Å²) >= 11 is 0. The Morgan fingerprint density at radius 1 is 1.08 bits per heavy atom. The van der Waals surface area contributed by atoms with E-state index in [1.54, 1.807) is 19.1 Å². The molecule has 0 spiro atoms. The Balaban J connectivity index is 2.67. The Morgan fingerprint density at radius 3 is 2.27 bits per heavy atom. The maximum atomic E-state index is 12.6. The van der Waals surface area contributed by atoms with Crippen LogP contribution in [0.5, 0.6) is 0 Å². The van der Waals surface area contributed by atoms with Gasteiger partial charge in [0.05, 0.1) is 25.7 Å². The van der Waals surface area contributed by atoms with E-state index in [0.29, 0.717) is 12.0 Å². The maximum Gasteiger partial charge on any atom is 0.307 e. The number of aryl methyl sites for hydroxylation is 1. The molecule has 0 aliphatic rings. The third-order valence-electron chi connectivity index (χ3n) is 4.24. The number of carbonyl (C=O) groups is 3. The Kier molecular flexibility index (Phi) is 9.58. The third-order valence-corrected chi connectivity index (χ3v) is 4.24. The van der Waals surface area contributed by atoms with Crippen LogP contribution in [0.4, 0.5) is 0 Å². The fourth-order valence-corrected chi connectivity index (χ4v) is 2.65. The fourth-order valence-electron chi connectivity index (χ4n) is 2.65. The number of benzene rings is 1. The normalized spacial score (nSPS) is 11.7. The smallest absolute Gasteiger partial charge is 0.307 e. The molecule has 1 aromatic rings. The molecule has 1 aromatic carbocycles. The Bertz CT molecular complexity index is 593. The number of ketones is 1. The molecule has 26 heavy (non-hydrogen) atoms. The van der Waals surface area contributed by atoms with Crippen molar-refractivity contribution in [3.05, 3.63) is 35.4 Å². The number of Topliss-reactive ketones (excluding diaryl/α,β-unsaturated/α-hetero) is 1. The standard InChI is InChI=1S/C20H29NO5/c1-4-17(14-22)21(13-12-20(25)26-5-2)19(24)11-10-18(23)16-8-6-15(3)7-9-16/h6-9,17,22H,4-5,10-14H2,1-3H3. The van der Waals surface area contributed by atoms with Crippen LogP contribution < -0.4 is 0 Å². The van der Waals surface area contributed by atoms with Crippen molar-refractivity contribution in [2.45, 2.75) is 52.5 Å². The summed E-state index contributed by atoms with van der Waals surface area (Å²) in [7, 11) is 0. The lowest BCUT2D eigenvalue weighted by Crippen LogP contribution is -2.43. The van der Waals surface area contributed by atoms with E-state index in [1.807, 2.05) is 26.0 Å². The largest absolute Gasteiger partial charge is 0.466 e. The summed E-state index contributed by atoms with van der Waals surface area (Å²) in [4.78, 5) is 37.9. The third kappa shape index (κ3) is 6.96. The predicted octanol–water partition coefficient (Wildman–Crippen LogP) is 2.51. The van der Waals surface area contributed by atoms with Gasteiger partial charge in [0.2, 0.25) is 5.91 Å². The van der Waals surface area contributed by atoms with E-state index in [9.17, 15) is 19.5 Å². The summed E-state index contributed by atoms with van der Waals surface area (Å²) in [6.45, 7) is 5.81. The number of aliphatic hydroxyl groups is 1.